The molecule has 1 unspecified atom stereocenters. The van der Waals surface area contributed by atoms with E-state index < -0.39 is 11.8 Å². The molecule has 1 fully saturated rings. The molecule has 2 aliphatic heterocycles. The number of rotatable bonds is 3. The third-order valence-electron chi connectivity index (χ3n) is 6.76. The highest BCUT2D eigenvalue weighted by Crippen LogP contribution is 2.38. The Balaban J connectivity index is 1.41. The Hall–Kier alpha value is -4.58. The smallest absolute Gasteiger partial charge is 0.410 e. The van der Waals surface area contributed by atoms with Crippen LogP contribution >= 0.6 is 0 Å². The number of anilines is 3. The lowest BCUT2D eigenvalue weighted by Gasteiger charge is -2.40. The Kier molecular flexibility index (Phi) is 6.87. The van der Waals surface area contributed by atoms with Gasteiger partial charge >= 0.3 is 6.09 Å². The average Bonchev–Trinajstić information content (AvgIpc) is 2.92. The van der Waals surface area contributed by atoms with Crippen molar-refractivity contribution in [2.45, 2.75) is 32.5 Å². The first-order valence-electron chi connectivity index (χ1n) is 12.9. The summed E-state index contributed by atoms with van der Waals surface area (Å²) in [4.78, 5) is 31.7. The van der Waals surface area contributed by atoms with Gasteiger partial charge in [-0.1, -0.05) is 12.1 Å². The molecule has 8 nitrogen and oxygen atoms in total. The van der Waals surface area contributed by atoms with Gasteiger partial charge in [0, 0.05) is 37.6 Å². The van der Waals surface area contributed by atoms with Crippen molar-refractivity contribution in [3.8, 4) is 6.07 Å². The predicted octanol–water partition coefficient (Wildman–Crippen LogP) is 5.53. The Morgan fingerprint density at radius 3 is 2.23 bits per heavy atom. The molecule has 1 saturated heterocycles. The molecule has 9 heteroatoms. The molecule has 0 radical (unpaired) electrons. The van der Waals surface area contributed by atoms with Gasteiger partial charge in [-0.15, -0.1) is 0 Å². The number of halogens is 1. The number of amides is 2. The quantitative estimate of drug-likeness (QED) is 0.482. The molecule has 2 heterocycles. The van der Waals surface area contributed by atoms with Gasteiger partial charge in [0.2, 0.25) is 0 Å². The summed E-state index contributed by atoms with van der Waals surface area (Å²) in [6.07, 6.45) is -0.881. The van der Waals surface area contributed by atoms with Gasteiger partial charge in [0.1, 0.15) is 17.6 Å². The first-order valence-corrected chi connectivity index (χ1v) is 12.9. The van der Waals surface area contributed by atoms with E-state index in [1.54, 1.807) is 40.1 Å². The lowest BCUT2D eigenvalue weighted by Crippen LogP contribution is -2.50. The van der Waals surface area contributed by atoms with Crippen LogP contribution in [-0.4, -0.2) is 48.7 Å². The van der Waals surface area contributed by atoms with Gasteiger partial charge in [0.15, 0.2) is 0 Å². The third-order valence-corrected chi connectivity index (χ3v) is 6.76. The Labute approximate surface area is 227 Å². The zero-order chi connectivity index (χ0) is 27.7. The molecule has 0 spiro atoms. The standard InChI is InChI=1S/C30H30FN5O3/c1-30(2,3)39-29(38)35-16-14-34(15-17-35)24-12-13-25-26(18-24)33-27(21-6-4-20(19-32)5-7-21)36(28(25)37)23-10-8-22(31)9-11-23/h4-13,18,27,33H,14-17H2,1-3H3. The van der Waals surface area contributed by atoms with E-state index in [1.807, 2.05) is 45.0 Å². The van der Waals surface area contributed by atoms with Crippen LogP contribution in [0.4, 0.5) is 26.2 Å². The minimum Gasteiger partial charge on any atom is -0.444 e. The van der Waals surface area contributed by atoms with Crippen molar-refractivity contribution in [2.75, 3.05) is 41.3 Å². The molecule has 3 aromatic carbocycles. The first kappa shape index (κ1) is 26.0. The predicted molar refractivity (Wildman–Crippen MR) is 147 cm³/mol. The minimum absolute atomic E-state index is 0.217. The fourth-order valence-corrected chi connectivity index (χ4v) is 4.81. The van der Waals surface area contributed by atoms with Crippen LogP contribution in [0.1, 0.15) is 48.4 Å². The van der Waals surface area contributed by atoms with Crippen LogP contribution in [0, 0.1) is 17.1 Å². The molecular weight excluding hydrogens is 497 g/mol. The first-order chi connectivity index (χ1) is 18.6. The normalized spacial score (nSPS) is 17.3. The van der Waals surface area contributed by atoms with Crippen molar-refractivity contribution in [2.24, 2.45) is 0 Å². The van der Waals surface area contributed by atoms with Gasteiger partial charge in [0.05, 0.1) is 22.9 Å². The second-order valence-corrected chi connectivity index (χ2v) is 10.6. The van der Waals surface area contributed by atoms with Crippen molar-refractivity contribution in [3.63, 3.8) is 0 Å². The number of fused-ring (bicyclic) bond motifs is 1. The molecular formula is C30H30FN5O3. The average molecular weight is 528 g/mol. The molecule has 2 aliphatic rings. The molecule has 1 atom stereocenters. The molecule has 3 aromatic rings. The number of ether oxygens (including phenoxy) is 1. The van der Waals surface area contributed by atoms with Gasteiger partial charge in [-0.3, -0.25) is 9.69 Å². The van der Waals surface area contributed by atoms with Gasteiger partial charge in [-0.25, -0.2) is 9.18 Å². The summed E-state index contributed by atoms with van der Waals surface area (Å²) in [5, 5.41) is 12.7. The van der Waals surface area contributed by atoms with Crippen LogP contribution in [0.2, 0.25) is 0 Å². The number of nitrogens with one attached hydrogen (secondary N) is 1. The summed E-state index contributed by atoms with van der Waals surface area (Å²) in [5.41, 5.74) is 3.43. The lowest BCUT2D eigenvalue weighted by atomic mass is 10.0. The van der Waals surface area contributed by atoms with Crippen LogP contribution in [-0.2, 0) is 4.74 Å². The van der Waals surface area contributed by atoms with E-state index in [0.717, 1.165) is 11.3 Å². The maximum Gasteiger partial charge on any atom is 0.410 e. The minimum atomic E-state index is -0.567. The number of carbonyl (C=O) groups excluding carboxylic acids is 2. The third kappa shape index (κ3) is 5.50. The Morgan fingerprint density at radius 2 is 1.62 bits per heavy atom. The number of benzene rings is 3. The number of nitrogens with zero attached hydrogens (tertiary/aromatic N) is 4. The van der Waals surface area contributed by atoms with E-state index in [4.69, 9.17) is 4.74 Å². The monoisotopic (exact) mass is 527 g/mol. The van der Waals surface area contributed by atoms with E-state index in [0.29, 0.717) is 48.7 Å². The summed E-state index contributed by atoms with van der Waals surface area (Å²) in [6.45, 7) is 7.88. The van der Waals surface area contributed by atoms with Crippen LogP contribution in [0.3, 0.4) is 0 Å². The number of hydrogen-bond donors (Lipinski definition) is 1. The highest BCUT2D eigenvalue weighted by molar-refractivity contribution is 6.12. The second kappa shape index (κ2) is 10.3. The molecule has 0 aliphatic carbocycles. The number of piperazine rings is 1. The SMILES string of the molecule is CC(C)(C)OC(=O)N1CCN(c2ccc3c(c2)NC(c2ccc(C#N)cc2)N(c2ccc(F)cc2)C3=O)CC1. The Morgan fingerprint density at radius 1 is 0.974 bits per heavy atom. The van der Waals surface area contributed by atoms with Crippen LogP contribution in [0.15, 0.2) is 66.7 Å². The molecule has 0 saturated carbocycles. The second-order valence-electron chi connectivity index (χ2n) is 10.6. The van der Waals surface area contributed by atoms with Gasteiger partial charge in [0.25, 0.3) is 5.91 Å². The summed E-state index contributed by atoms with van der Waals surface area (Å²) in [6, 6.07) is 20.6. The molecule has 200 valence electrons. The zero-order valence-electron chi connectivity index (χ0n) is 22.1. The maximum absolute atomic E-state index is 13.8. The fourth-order valence-electron chi connectivity index (χ4n) is 4.81. The van der Waals surface area contributed by atoms with Crippen molar-refractivity contribution in [1.82, 2.24) is 4.90 Å². The summed E-state index contributed by atoms with van der Waals surface area (Å²) >= 11 is 0. The van der Waals surface area contributed by atoms with E-state index >= 15 is 0 Å². The lowest BCUT2D eigenvalue weighted by molar-refractivity contribution is 0.0240. The molecule has 1 N–H and O–H groups in total. The molecule has 2 amide bonds. The summed E-state index contributed by atoms with van der Waals surface area (Å²) in [5.74, 6) is -0.603. The van der Waals surface area contributed by atoms with Crippen molar-refractivity contribution in [1.29, 1.82) is 5.26 Å². The van der Waals surface area contributed by atoms with Crippen molar-refractivity contribution < 1.29 is 18.7 Å². The van der Waals surface area contributed by atoms with E-state index in [1.165, 1.54) is 12.1 Å². The highest BCUT2D eigenvalue weighted by atomic mass is 19.1. The van der Waals surface area contributed by atoms with Crippen molar-refractivity contribution >= 4 is 29.1 Å². The highest BCUT2D eigenvalue weighted by Gasteiger charge is 2.35. The van der Waals surface area contributed by atoms with Gasteiger partial charge in [-0.2, -0.15) is 5.26 Å². The maximum atomic E-state index is 13.8. The van der Waals surface area contributed by atoms with E-state index in [2.05, 4.69) is 16.3 Å². The van der Waals surface area contributed by atoms with Crippen LogP contribution < -0.4 is 15.1 Å². The molecule has 0 bridgehead atoms. The van der Waals surface area contributed by atoms with Gasteiger partial charge in [-0.05, 0) is 80.9 Å². The molecule has 5 rings (SSSR count). The summed E-state index contributed by atoms with van der Waals surface area (Å²) < 4.78 is 19.2. The van der Waals surface area contributed by atoms with Crippen molar-refractivity contribution in [3.05, 3.63) is 89.2 Å². The topological polar surface area (TPSA) is 88.9 Å². The van der Waals surface area contributed by atoms with Crippen LogP contribution in [0.5, 0.6) is 0 Å². The zero-order valence-corrected chi connectivity index (χ0v) is 22.1. The summed E-state index contributed by atoms with van der Waals surface area (Å²) in [7, 11) is 0. The fraction of sp³-hybridized carbons (Fsp3) is 0.300. The number of nitriles is 1. The molecule has 0 aromatic heterocycles. The van der Waals surface area contributed by atoms with E-state index in [9.17, 15) is 19.2 Å². The van der Waals surface area contributed by atoms with Crippen LogP contribution in [0.25, 0.3) is 0 Å². The number of carbonyl (C=O) groups is 2. The Bertz CT molecular complexity index is 1420. The molecule has 39 heavy (non-hydrogen) atoms. The van der Waals surface area contributed by atoms with E-state index in [-0.39, 0.29) is 17.8 Å². The number of hydrogen-bond acceptors (Lipinski definition) is 6. The largest absolute Gasteiger partial charge is 0.444 e. The van der Waals surface area contributed by atoms with Gasteiger partial charge < -0.3 is 19.9 Å².